The van der Waals surface area contributed by atoms with E-state index in [1.54, 1.807) is 9.80 Å². The zero-order valence-electron chi connectivity index (χ0n) is 17.1. The first kappa shape index (κ1) is 19.1. The van der Waals surface area contributed by atoms with Gasteiger partial charge in [-0.3, -0.25) is 9.59 Å². The van der Waals surface area contributed by atoms with Gasteiger partial charge in [0.1, 0.15) is 5.60 Å². The number of anilines is 1. The van der Waals surface area contributed by atoms with Gasteiger partial charge in [-0.15, -0.1) is 0 Å². The number of benzene rings is 2. The highest BCUT2D eigenvalue weighted by Crippen LogP contribution is 2.37. The van der Waals surface area contributed by atoms with Crippen molar-refractivity contribution in [2.75, 3.05) is 38.2 Å². The van der Waals surface area contributed by atoms with Gasteiger partial charge < -0.3 is 19.9 Å². The fourth-order valence-corrected chi connectivity index (χ4v) is 4.22. The monoisotopic (exact) mass is 406 g/mol. The van der Waals surface area contributed by atoms with Crippen LogP contribution in [-0.2, 0) is 11.3 Å². The van der Waals surface area contributed by atoms with Gasteiger partial charge in [0.25, 0.3) is 11.8 Å². The maximum Gasteiger partial charge on any atom is 0.254 e. The Morgan fingerprint density at radius 3 is 2.23 bits per heavy atom. The van der Waals surface area contributed by atoms with Crippen molar-refractivity contribution in [3.05, 3.63) is 53.6 Å². The van der Waals surface area contributed by atoms with Crippen LogP contribution in [0.5, 0.6) is 0 Å². The minimum absolute atomic E-state index is 0.0170. The van der Waals surface area contributed by atoms with Gasteiger partial charge in [-0.1, -0.05) is 24.3 Å². The van der Waals surface area contributed by atoms with Crippen LogP contribution in [0.4, 0.5) is 5.69 Å². The van der Waals surface area contributed by atoms with Crippen LogP contribution in [-0.4, -0.2) is 65.5 Å². The summed E-state index contributed by atoms with van der Waals surface area (Å²) >= 11 is 0. The molecule has 0 unspecified atom stereocenters. The van der Waals surface area contributed by atoms with Crippen LogP contribution in [0.25, 0.3) is 11.1 Å². The van der Waals surface area contributed by atoms with Crippen molar-refractivity contribution in [1.82, 2.24) is 15.2 Å². The predicted octanol–water partition coefficient (Wildman–Crippen LogP) is 1.62. The highest BCUT2D eigenvalue weighted by molar-refractivity contribution is 5.95. The topological polar surface area (TPSA) is 76.1 Å². The lowest BCUT2D eigenvalue weighted by molar-refractivity contribution is -0.143. The van der Waals surface area contributed by atoms with Crippen molar-refractivity contribution < 1.29 is 14.7 Å². The number of hydrogen-bond donors (Lipinski definition) is 2. The average Bonchev–Trinajstić information content (AvgIpc) is 3.44. The maximum absolute atomic E-state index is 12.9. The number of hydrogen-bond acceptors (Lipinski definition) is 5. The summed E-state index contributed by atoms with van der Waals surface area (Å²) < 4.78 is 0. The average molecular weight is 406 g/mol. The zero-order chi connectivity index (χ0) is 20.9. The lowest BCUT2D eigenvalue weighted by Crippen LogP contribution is -2.53. The van der Waals surface area contributed by atoms with E-state index >= 15 is 0 Å². The minimum atomic E-state index is -1.13. The zero-order valence-corrected chi connectivity index (χ0v) is 17.1. The van der Waals surface area contributed by atoms with Gasteiger partial charge in [-0.25, -0.2) is 5.43 Å². The molecular weight excluding hydrogens is 380 g/mol. The third-order valence-electron chi connectivity index (χ3n) is 6.39. The van der Waals surface area contributed by atoms with Crippen LogP contribution in [0.3, 0.4) is 0 Å². The second-order valence-corrected chi connectivity index (χ2v) is 8.43. The van der Waals surface area contributed by atoms with Crippen LogP contribution in [0, 0.1) is 0 Å². The van der Waals surface area contributed by atoms with E-state index in [9.17, 15) is 14.7 Å². The Balaban J connectivity index is 1.24. The molecule has 2 fully saturated rings. The van der Waals surface area contributed by atoms with E-state index in [4.69, 9.17) is 0 Å². The normalized spacial score (nSPS) is 19.6. The Hall–Kier alpha value is -2.90. The molecule has 156 valence electrons. The summed E-state index contributed by atoms with van der Waals surface area (Å²) in [6, 6.07) is 14.1. The van der Waals surface area contributed by atoms with Crippen molar-refractivity contribution >= 4 is 17.5 Å². The fourth-order valence-electron chi connectivity index (χ4n) is 4.22. The van der Waals surface area contributed by atoms with Crippen molar-refractivity contribution in [3.8, 4) is 11.1 Å². The van der Waals surface area contributed by atoms with E-state index in [-0.39, 0.29) is 11.8 Å². The van der Waals surface area contributed by atoms with Gasteiger partial charge in [0, 0.05) is 45.3 Å². The first-order valence-electron chi connectivity index (χ1n) is 10.5. The molecule has 7 heteroatoms. The number of piperazine rings is 1. The van der Waals surface area contributed by atoms with E-state index in [1.807, 2.05) is 36.3 Å². The van der Waals surface area contributed by atoms with Crippen LogP contribution >= 0.6 is 0 Å². The Kier molecular flexibility index (Phi) is 4.52. The van der Waals surface area contributed by atoms with E-state index in [0.29, 0.717) is 44.6 Å². The quantitative estimate of drug-likeness (QED) is 0.810. The van der Waals surface area contributed by atoms with Gasteiger partial charge in [0.15, 0.2) is 0 Å². The number of fused-ring (bicyclic) bond motifs is 1. The first-order chi connectivity index (χ1) is 14.4. The summed E-state index contributed by atoms with van der Waals surface area (Å²) in [6.45, 7) is 2.78. The van der Waals surface area contributed by atoms with Crippen molar-refractivity contribution in [3.63, 3.8) is 0 Å². The molecule has 0 atom stereocenters. The predicted molar refractivity (Wildman–Crippen MR) is 114 cm³/mol. The Morgan fingerprint density at radius 1 is 0.933 bits per heavy atom. The third kappa shape index (κ3) is 3.34. The summed E-state index contributed by atoms with van der Waals surface area (Å²) in [5, 5.41) is 12.0. The van der Waals surface area contributed by atoms with Crippen LogP contribution in [0.1, 0.15) is 28.8 Å². The van der Waals surface area contributed by atoms with Crippen LogP contribution < -0.4 is 10.4 Å². The summed E-state index contributed by atoms with van der Waals surface area (Å²) in [5.41, 5.74) is 7.45. The lowest BCUT2D eigenvalue weighted by Gasteiger charge is -2.35. The molecule has 3 aliphatic rings. The van der Waals surface area contributed by atoms with Gasteiger partial charge >= 0.3 is 0 Å². The molecule has 2 amide bonds. The summed E-state index contributed by atoms with van der Waals surface area (Å²) in [6.07, 6.45) is 1.10. The van der Waals surface area contributed by atoms with Crippen LogP contribution in [0.2, 0.25) is 0 Å². The minimum Gasteiger partial charge on any atom is -0.380 e. The molecule has 0 spiro atoms. The highest BCUT2D eigenvalue weighted by atomic mass is 16.3. The second-order valence-electron chi connectivity index (χ2n) is 8.43. The van der Waals surface area contributed by atoms with Gasteiger partial charge in [0.2, 0.25) is 0 Å². The molecule has 0 bridgehead atoms. The Morgan fingerprint density at radius 2 is 1.57 bits per heavy atom. The molecule has 2 aromatic rings. The number of hydrazine groups is 1. The maximum atomic E-state index is 12.9. The number of aliphatic hydroxyl groups is 1. The molecular formula is C23H26N4O3. The number of rotatable bonds is 3. The molecule has 1 saturated heterocycles. The largest absolute Gasteiger partial charge is 0.380 e. The Bertz CT molecular complexity index is 992. The van der Waals surface area contributed by atoms with E-state index < -0.39 is 5.60 Å². The molecule has 0 aromatic heterocycles. The number of nitrogens with zero attached hydrogens (tertiary/aromatic N) is 3. The summed E-state index contributed by atoms with van der Waals surface area (Å²) in [7, 11) is 2.01. The molecule has 30 heavy (non-hydrogen) atoms. The molecule has 5 rings (SSSR count). The number of carbonyl (C=O) groups excluding carboxylic acids is 2. The van der Waals surface area contributed by atoms with Crippen LogP contribution in [0.15, 0.2) is 42.5 Å². The molecule has 2 N–H and O–H groups in total. The molecule has 1 aliphatic carbocycles. The van der Waals surface area contributed by atoms with Gasteiger partial charge in [0.05, 0.1) is 5.69 Å². The summed E-state index contributed by atoms with van der Waals surface area (Å²) in [4.78, 5) is 28.6. The number of nitrogens with one attached hydrogen (secondary N) is 1. The van der Waals surface area contributed by atoms with E-state index in [0.717, 1.165) is 17.7 Å². The molecule has 2 aliphatic heterocycles. The number of carbonyl (C=O) groups is 2. The van der Waals surface area contributed by atoms with Crippen molar-refractivity contribution in [2.45, 2.75) is 25.0 Å². The van der Waals surface area contributed by atoms with E-state index in [2.05, 4.69) is 23.6 Å². The molecule has 0 radical (unpaired) electrons. The highest BCUT2D eigenvalue weighted by Gasteiger charge is 2.50. The second kappa shape index (κ2) is 7.11. The molecule has 2 aromatic carbocycles. The number of amides is 2. The van der Waals surface area contributed by atoms with Crippen molar-refractivity contribution in [1.29, 1.82) is 0 Å². The van der Waals surface area contributed by atoms with E-state index in [1.165, 1.54) is 11.3 Å². The van der Waals surface area contributed by atoms with Gasteiger partial charge in [-0.2, -0.15) is 0 Å². The summed E-state index contributed by atoms with van der Waals surface area (Å²) in [5.74, 6) is -0.203. The molecule has 7 nitrogen and oxygen atoms in total. The molecule has 2 heterocycles. The van der Waals surface area contributed by atoms with Crippen molar-refractivity contribution in [2.24, 2.45) is 0 Å². The smallest absolute Gasteiger partial charge is 0.254 e. The van der Waals surface area contributed by atoms with Gasteiger partial charge in [-0.05, 0) is 47.7 Å². The fraction of sp³-hybridized carbons (Fsp3) is 0.391. The molecule has 1 saturated carbocycles. The third-order valence-corrected chi connectivity index (χ3v) is 6.39. The lowest BCUT2D eigenvalue weighted by atomic mass is 10.0. The standard InChI is InChI=1S/C23H26N4O3/c1-25-20-14-18(6-7-19(20)15-24-25)16-2-4-17(5-3-16)21(28)26-10-12-27(13-11-26)22(29)23(30)8-9-23/h2-7,14,24,30H,8-13,15H2,1H3. The SMILES string of the molecule is CN1NCc2ccc(-c3ccc(C(=O)N4CCN(C(=O)C5(O)CC5)CC4)cc3)cc21. The Labute approximate surface area is 175 Å². The first-order valence-corrected chi connectivity index (χ1v) is 10.5.